The summed E-state index contributed by atoms with van der Waals surface area (Å²) in [5.74, 6) is 0.926. The highest BCUT2D eigenvalue weighted by atomic mass is 35.5. The molecule has 26 heavy (non-hydrogen) atoms. The highest BCUT2D eigenvalue weighted by Crippen LogP contribution is 2.24. The van der Waals surface area contributed by atoms with Crippen molar-refractivity contribution in [3.05, 3.63) is 63.1 Å². The molecule has 0 saturated heterocycles. The lowest BCUT2D eigenvalue weighted by molar-refractivity contribution is -0.118. The van der Waals surface area contributed by atoms with Crippen LogP contribution in [0.25, 0.3) is 11.5 Å². The molecule has 2 heterocycles. The van der Waals surface area contributed by atoms with Crippen LogP contribution in [-0.4, -0.2) is 20.9 Å². The highest BCUT2D eigenvalue weighted by molar-refractivity contribution is 7.84. The standard InChI is InChI=1S/C18H17ClN2O3S2/c1-12-16(21-18(24-12)13-4-6-14(19)7-5-13)10-26(23)11-17(22)20-9-15-3-2-8-25-15/h2-8H,9-11H2,1H3,(H,20,22)/t26-/m1/s1. The lowest BCUT2D eigenvalue weighted by atomic mass is 10.2. The average molecular weight is 409 g/mol. The fourth-order valence-electron chi connectivity index (χ4n) is 2.28. The molecule has 0 unspecified atom stereocenters. The monoisotopic (exact) mass is 408 g/mol. The number of aromatic nitrogens is 1. The zero-order valence-electron chi connectivity index (χ0n) is 14.0. The maximum atomic E-state index is 12.3. The topological polar surface area (TPSA) is 72.2 Å². The fourth-order valence-corrected chi connectivity index (χ4v) is 4.12. The van der Waals surface area contributed by atoms with Crippen LogP contribution >= 0.6 is 22.9 Å². The highest BCUT2D eigenvalue weighted by Gasteiger charge is 2.16. The summed E-state index contributed by atoms with van der Waals surface area (Å²) in [6.07, 6.45) is 0. The molecule has 0 aliphatic rings. The molecule has 0 radical (unpaired) electrons. The largest absolute Gasteiger partial charge is 0.441 e. The fraction of sp³-hybridized carbons (Fsp3) is 0.222. The van der Waals surface area contributed by atoms with Gasteiger partial charge in [-0.15, -0.1) is 11.3 Å². The number of nitrogens with one attached hydrogen (secondary N) is 1. The molecule has 0 aliphatic carbocycles. The van der Waals surface area contributed by atoms with E-state index in [1.165, 1.54) is 0 Å². The number of hydrogen-bond donors (Lipinski definition) is 1. The summed E-state index contributed by atoms with van der Waals surface area (Å²) in [4.78, 5) is 17.4. The van der Waals surface area contributed by atoms with E-state index in [1.54, 1.807) is 30.4 Å². The SMILES string of the molecule is Cc1oc(-c2ccc(Cl)cc2)nc1C[S@@](=O)CC(=O)NCc1cccs1. The molecule has 0 bridgehead atoms. The van der Waals surface area contributed by atoms with Crippen molar-refractivity contribution < 1.29 is 13.4 Å². The van der Waals surface area contributed by atoms with Gasteiger partial charge in [0, 0.05) is 26.3 Å². The van der Waals surface area contributed by atoms with Gasteiger partial charge < -0.3 is 9.73 Å². The number of benzene rings is 1. The number of carbonyl (C=O) groups excluding carboxylic acids is 1. The van der Waals surface area contributed by atoms with Crippen molar-refractivity contribution in [1.82, 2.24) is 10.3 Å². The second-order valence-corrected chi connectivity index (χ2v) is 8.54. The lowest BCUT2D eigenvalue weighted by Crippen LogP contribution is -2.28. The number of halogens is 1. The molecule has 3 aromatic rings. The summed E-state index contributed by atoms with van der Waals surface area (Å²) in [7, 11) is -1.36. The number of carbonyl (C=O) groups is 1. The molecule has 0 saturated carbocycles. The molecule has 2 aromatic heterocycles. The number of hydrogen-bond acceptors (Lipinski definition) is 5. The van der Waals surface area contributed by atoms with Crippen molar-refractivity contribution in [2.24, 2.45) is 0 Å². The molecule has 136 valence electrons. The summed E-state index contributed by atoms with van der Waals surface area (Å²) in [6.45, 7) is 2.23. The minimum absolute atomic E-state index is 0.0616. The van der Waals surface area contributed by atoms with E-state index in [0.29, 0.717) is 28.9 Å². The van der Waals surface area contributed by atoms with Crippen LogP contribution in [0, 0.1) is 6.92 Å². The second-order valence-electron chi connectivity index (χ2n) is 5.61. The van der Waals surface area contributed by atoms with Gasteiger partial charge in [-0.2, -0.15) is 0 Å². The molecule has 1 aromatic carbocycles. The summed E-state index contributed by atoms with van der Waals surface area (Å²) in [5.41, 5.74) is 1.39. The number of rotatable bonds is 7. The Morgan fingerprint density at radius 2 is 2.08 bits per heavy atom. The van der Waals surface area contributed by atoms with Crippen LogP contribution in [0.1, 0.15) is 16.3 Å². The van der Waals surface area contributed by atoms with E-state index in [4.69, 9.17) is 16.0 Å². The first-order valence-electron chi connectivity index (χ1n) is 7.87. The molecule has 8 heteroatoms. The molecule has 0 fully saturated rings. The summed E-state index contributed by atoms with van der Waals surface area (Å²) in [6, 6.07) is 11.0. The Labute approximate surface area is 162 Å². The lowest BCUT2D eigenvalue weighted by Gasteiger charge is -2.03. The van der Waals surface area contributed by atoms with Gasteiger partial charge in [0.05, 0.1) is 18.0 Å². The van der Waals surface area contributed by atoms with Crippen molar-refractivity contribution in [3.8, 4) is 11.5 Å². The Kier molecular flexibility index (Phi) is 6.24. The third kappa shape index (κ3) is 5.03. The van der Waals surface area contributed by atoms with Crippen molar-refractivity contribution in [2.45, 2.75) is 19.2 Å². The average Bonchev–Trinajstić information content (AvgIpc) is 3.24. The number of amides is 1. The number of oxazole rings is 1. The Bertz CT molecular complexity index is 905. The van der Waals surface area contributed by atoms with Crippen LogP contribution < -0.4 is 5.32 Å². The van der Waals surface area contributed by atoms with Crippen LogP contribution in [0.3, 0.4) is 0 Å². The minimum atomic E-state index is -1.36. The number of aryl methyl sites for hydroxylation is 1. The second kappa shape index (κ2) is 8.62. The minimum Gasteiger partial charge on any atom is -0.441 e. The molecule has 0 aliphatic heterocycles. The van der Waals surface area contributed by atoms with Gasteiger partial charge in [-0.05, 0) is 42.6 Å². The quantitative estimate of drug-likeness (QED) is 0.642. The molecule has 0 spiro atoms. The Morgan fingerprint density at radius 3 is 2.77 bits per heavy atom. The number of nitrogens with zero attached hydrogens (tertiary/aromatic N) is 1. The smallest absolute Gasteiger partial charge is 0.232 e. The van der Waals surface area contributed by atoms with Crippen molar-refractivity contribution in [2.75, 3.05) is 5.75 Å². The van der Waals surface area contributed by atoms with Gasteiger partial charge in [-0.3, -0.25) is 9.00 Å². The molecule has 1 amide bonds. The van der Waals surface area contributed by atoms with Crippen LogP contribution in [0.15, 0.2) is 46.2 Å². The normalized spacial score (nSPS) is 12.1. The zero-order chi connectivity index (χ0) is 18.5. The summed E-state index contributed by atoms with van der Waals surface area (Å²) >= 11 is 7.45. The molecule has 3 rings (SSSR count). The number of thiophene rings is 1. The Hall–Kier alpha value is -1.96. The Balaban J connectivity index is 1.57. The van der Waals surface area contributed by atoms with Crippen molar-refractivity contribution in [1.29, 1.82) is 0 Å². The van der Waals surface area contributed by atoms with Gasteiger partial charge in [0.1, 0.15) is 11.5 Å². The predicted octanol–water partition coefficient (Wildman–Crippen LogP) is 3.93. The summed E-state index contributed by atoms with van der Waals surface area (Å²) in [5, 5.41) is 5.36. The molecule has 5 nitrogen and oxygen atoms in total. The van der Waals surface area contributed by atoms with E-state index < -0.39 is 10.8 Å². The van der Waals surface area contributed by atoms with Gasteiger partial charge >= 0.3 is 0 Å². The van der Waals surface area contributed by atoms with E-state index >= 15 is 0 Å². The van der Waals surface area contributed by atoms with E-state index in [2.05, 4.69) is 10.3 Å². The first kappa shape index (κ1) is 18.8. The van der Waals surface area contributed by atoms with E-state index in [0.717, 1.165) is 10.4 Å². The van der Waals surface area contributed by atoms with Gasteiger partial charge in [0.2, 0.25) is 11.8 Å². The molecular formula is C18H17ClN2O3S2. The third-order valence-electron chi connectivity index (χ3n) is 3.61. The van der Waals surface area contributed by atoms with Crippen LogP contribution in [0.5, 0.6) is 0 Å². The molecular weight excluding hydrogens is 392 g/mol. The third-order valence-corrected chi connectivity index (χ3v) is 5.92. The van der Waals surface area contributed by atoms with Gasteiger partial charge in [0.15, 0.2) is 0 Å². The van der Waals surface area contributed by atoms with Crippen LogP contribution in [0.2, 0.25) is 5.02 Å². The molecule has 1 atom stereocenters. The van der Waals surface area contributed by atoms with Gasteiger partial charge in [-0.25, -0.2) is 4.98 Å². The Morgan fingerprint density at radius 1 is 1.31 bits per heavy atom. The first-order valence-corrected chi connectivity index (χ1v) is 10.6. The molecule has 1 N–H and O–H groups in total. The van der Waals surface area contributed by atoms with Gasteiger partial charge in [0.25, 0.3) is 0 Å². The van der Waals surface area contributed by atoms with E-state index in [-0.39, 0.29) is 17.4 Å². The van der Waals surface area contributed by atoms with E-state index in [1.807, 2.05) is 29.6 Å². The maximum Gasteiger partial charge on any atom is 0.232 e. The maximum absolute atomic E-state index is 12.3. The van der Waals surface area contributed by atoms with Gasteiger partial charge in [-0.1, -0.05) is 17.7 Å². The zero-order valence-corrected chi connectivity index (χ0v) is 16.4. The first-order chi connectivity index (χ1) is 12.5. The van der Waals surface area contributed by atoms with Crippen molar-refractivity contribution >= 4 is 39.6 Å². The summed E-state index contributed by atoms with van der Waals surface area (Å²) < 4.78 is 17.9. The van der Waals surface area contributed by atoms with Crippen molar-refractivity contribution in [3.63, 3.8) is 0 Å². The predicted molar refractivity (Wildman–Crippen MR) is 105 cm³/mol. The van der Waals surface area contributed by atoms with Crippen LogP contribution in [-0.2, 0) is 27.9 Å². The van der Waals surface area contributed by atoms with Crippen LogP contribution in [0.4, 0.5) is 0 Å². The van der Waals surface area contributed by atoms with E-state index in [9.17, 15) is 9.00 Å².